The number of aromatic carboxylic acids is 1. The SMILES string of the molecule is Cn1nc(NS(C)(=O)=O)c2c(Cl)ccc(-c3ccc(C#CC(C)(C)O)nc3C(Cc3cc(F)cc(F)c3)NC(=O)Cn3nc(C(=O)O)c4c3C(F)(F)C3CCC43)c21. The van der Waals surface area contributed by atoms with E-state index in [1.165, 1.54) is 37.7 Å². The van der Waals surface area contributed by atoms with Crippen molar-refractivity contribution in [3.63, 3.8) is 0 Å². The van der Waals surface area contributed by atoms with Gasteiger partial charge in [0.15, 0.2) is 11.5 Å². The van der Waals surface area contributed by atoms with Crippen LogP contribution in [0.15, 0.2) is 42.5 Å². The number of carboxylic acids is 1. The van der Waals surface area contributed by atoms with Gasteiger partial charge in [0.05, 0.1) is 33.9 Å². The van der Waals surface area contributed by atoms with E-state index in [0.717, 1.165) is 18.4 Å². The number of rotatable bonds is 10. The van der Waals surface area contributed by atoms with Gasteiger partial charge in [0, 0.05) is 35.7 Å². The zero-order chi connectivity index (χ0) is 41.4. The predicted molar refractivity (Wildman–Crippen MR) is 200 cm³/mol. The monoisotopic (exact) mass is 827 g/mol. The van der Waals surface area contributed by atoms with E-state index in [2.05, 4.69) is 32.1 Å². The number of anilines is 1. The van der Waals surface area contributed by atoms with Crippen LogP contribution in [0.5, 0.6) is 0 Å². The molecule has 2 aromatic carbocycles. The van der Waals surface area contributed by atoms with Crippen molar-refractivity contribution in [2.75, 3.05) is 11.0 Å². The number of alkyl halides is 2. The first-order valence-corrected chi connectivity index (χ1v) is 19.7. The van der Waals surface area contributed by atoms with Crippen LogP contribution in [0.2, 0.25) is 5.02 Å². The maximum absolute atomic E-state index is 15.7. The van der Waals surface area contributed by atoms with Crippen molar-refractivity contribution in [2.45, 2.75) is 63.1 Å². The van der Waals surface area contributed by atoms with E-state index in [1.807, 2.05) is 0 Å². The molecule has 3 unspecified atom stereocenters. The molecule has 4 N–H and O–H groups in total. The number of carbonyl (C=O) groups excluding carboxylic acids is 1. The number of carboxylic acid groups (broad SMARTS) is 1. The number of fused-ring (bicyclic) bond motifs is 4. The Morgan fingerprint density at radius 1 is 1.09 bits per heavy atom. The van der Waals surface area contributed by atoms with E-state index in [-0.39, 0.29) is 57.1 Å². The minimum absolute atomic E-state index is 0.0540. The third-order valence-corrected chi connectivity index (χ3v) is 10.7. The van der Waals surface area contributed by atoms with Gasteiger partial charge in [0.2, 0.25) is 15.9 Å². The zero-order valence-corrected chi connectivity index (χ0v) is 32.2. The van der Waals surface area contributed by atoms with Crippen molar-refractivity contribution >= 4 is 50.2 Å². The molecule has 2 aliphatic rings. The van der Waals surface area contributed by atoms with E-state index in [0.29, 0.717) is 28.2 Å². The van der Waals surface area contributed by atoms with Gasteiger partial charge in [-0.3, -0.25) is 18.9 Å². The maximum Gasteiger partial charge on any atom is 0.356 e. The Balaban J connectivity index is 1.39. The van der Waals surface area contributed by atoms with Gasteiger partial charge in [-0.15, -0.1) is 0 Å². The van der Waals surface area contributed by atoms with Gasteiger partial charge in [-0.05, 0) is 80.8 Å². The van der Waals surface area contributed by atoms with Crippen molar-refractivity contribution < 1.29 is 45.8 Å². The lowest BCUT2D eigenvalue weighted by atomic mass is 9.73. The molecule has 0 bridgehead atoms. The molecule has 1 saturated carbocycles. The Labute approximate surface area is 328 Å². The summed E-state index contributed by atoms with van der Waals surface area (Å²) in [6, 6.07) is 7.64. The van der Waals surface area contributed by atoms with Crippen LogP contribution in [-0.4, -0.2) is 66.9 Å². The Morgan fingerprint density at radius 3 is 2.39 bits per heavy atom. The number of benzene rings is 2. The summed E-state index contributed by atoms with van der Waals surface area (Å²) in [5.74, 6) is -4.21. The summed E-state index contributed by atoms with van der Waals surface area (Å²) in [6.07, 6.45) is 1.14. The predicted octanol–water partition coefficient (Wildman–Crippen LogP) is 5.65. The highest BCUT2D eigenvalue weighted by Gasteiger charge is 2.62. The van der Waals surface area contributed by atoms with Crippen LogP contribution in [0, 0.1) is 29.4 Å². The quantitative estimate of drug-likeness (QED) is 0.102. The third-order valence-electron chi connectivity index (χ3n) is 9.87. The number of aryl methyl sites for hydroxylation is 1. The Morgan fingerprint density at radius 2 is 1.77 bits per heavy atom. The normalized spacial score (nSPS) is 17.6. The first kappa shape index (κ1) is 39.7. The molecular formula is C38H34ClF4N7O6S. The number of amides is 1. The molecule has 0 radical (unpaired) electrons. The highest BCUT2D eigenvalue weighted by molar-refractivity contribution is 7.92. The van der Waals surface area contributed by atoms with E-state index in [1.54, 1.807) is 12.1 Å². The Hall–Kier alpha value is -5.51. The lowest BCUT2D eigenvalue weighted by molar-refractivity contribution is -0.123. The van der Waals surface area contributed by atoms with Crippen molar-refractivity contribution in [3.05, 3.63) is 93.0 Å². The molecule has 5 aromatic rings. The van der Waals surface area contributed by atoms with E-state index in [9.17, 15) is 37.0 Å². The zero-order valence-electron chi connectivity index (χ0n) is 30.7. The van der Waals surface area contributed by atoms with Crippen LogP contribution in [0.3, 0.4) is 0 Å². The van der Waals surface area contributed by atoms with Gasteiger partial charge in [0.1, 0.15) is 35.2 Å². The molecule has 3 heterocycles. The number of pyridine rings is 1. The minimum atomic E-state index is -3.82. The fourth-order valence-corrected chi connectivity index (χ4v) is 8.30. The summed E-state index contributed by atoms with van der Waals surface area (Å²) >= 11 is 6.59. The van der Waals surface area contributed by atoms with E-state index >= 15 is 8.78 Å². The standard InChI is InChI=1S/C38H34ClF4N7O6S/c1-37(2,54)12-11-21-5-6-22(23-8-10-26(39)30-33(23)49(3)47-35(30)48-57(4,55)56)31(44-21)27(15-18-13-19(40)16-20(41)14-18)45-28(51)17-50-34-29(32(46-50)36(52)53)24-7-9-25(24)38(34,42)43/h5-6,8,10,13-14,16,24-25,27,54H,7,9,15,17H2,1-4H3,(H,45,51)(H,47,48)(H,52,53). The summed E-state index contributed by atoms with van der Waals surface area (Å²) in [4.78, 5) is 30.9. The molecule has 2 aliphatic carbocycles. The van der Waals surface area contributed by atoms with Gasteiger partial charge in [0.25, 0.3) is 5.92 Å². The summed E-state index contributed by atoms with van der Waals surface area (Å²) in [5.41, 5.74) is -1.57. The second kappa shape index (κ2) is 14.1. The van der Waals surface area contributed by atoms with Crippen molar-refractivity contribution in [1.29, 1.82) is 0 Å². The highest BCUT2D eigenvalue weighted by Crippen LogP contribution is 2.62. The van der Waals surface area contributed by atoms with E-state index < -0.39 is 80.9 Å². The number of aliphatic hydroxyl groups is 1. The number of sulfonamides is 1. The number of nitrogens with one attached hydrogen (secondary N) is 2. The molecule has 7 rings (SSSR count). The molecule has 13 nitrogen and oxygen atoms in total. The molecule has 19 heteroatoms. The van der Waals surface area contributed by atoms with Crippen LogP contribution in [0.1, 0.15) is 77.3 Å². The molecule has 3 atom stereocenters. The third kappa shape index (κ3) is 7.66. The molecule has 0 aliphatic heterocycles. The van der Waals surface area contributed by atoms with Crippen LogP contribution < -0.4 is 10.0 Å². The second-order valence-corrected chi connectivity index (χ2v) is 16.8. The van der Waals surface area contributed by atoms with Crippen LogP contribution in [0.25, 0.3) is 22.0 Å². The molecule has 1 amide bonds. The lowest BCUT2D eigenvalue weighted by Crippen LogP contribution is -2.36. The molecular weight excluding hydrogens is 794 g/mol. The second-order valence-electron chi connectivity index (χ2n) is 14.7. The fraction of sp³-hybridized carbons (Fsp3) is 0.342. The minimum Gasteiger partial charge on any atom is -0.476 e. The lowest BCUT2D eigenvalue weighted by Gasteiger charge is -2.34. The van der Waals surface area contributed by atoms with Gasteiger partial charge in [-0.2, -0.15) is 19.0 Å². The van der Waals surface area contributed by atoms with Gasteiger partial charge < -0.3 is 15.5 Å². The molecule has 0 saturated heterocycles. The highest BCUT2D eigenvalue weighted by atomic mass is 35.5. The average Bonchev–Trinajstić information content (AvgIpc) is 3.63. The largest absolute Gasteiger partial charge is 0.476 e. The van der Waals surface area contributed by atoms with Crippen LogP contribution in [-0.2, 0) is 40.8 Å². The van der Waals surface area contributed by atoms with Crippen LogP contribution in [0.4, 0.5) is 23.4 Å². The summed E-state index contributed by atoms with van der Waals surface area (Å²) in [6.45, 7) is 2.05. The average molecular weight is 828 g/mol. The summed E-state index contributed by atoms with van der Waals surface area (Å²) in [5, 5.41) is 31.5. The number of nitrogens with zero attached hydrogens (tertiary/aromatic N) is 5. The van der Waals surface area contributed by atoms with Gasteiger partial charge >= 0.3 is 5.97 Å². The summed E-state index contributed by atoms with van der Waals surface area (Å²) < 4.78 is 89.4. The van der Waals surface area contributed by atoms with Crippen molar-refractivity contribution in [1.82, 2.24) is 29.9 Å². The van der Waals surface area contributed by atoms with Crippen LogP contribution >= 0.6 is 11.6 Å². The number of hydrogen-bond donors (Lipinski definition) is 4. The molecule has 57 heavy (non-hydrogen) atoms. The molecule has 298 valence electrons. The Bertz CT molecular complexity index is 2660. The first-order valence-electron chi connectivity index (χ1n) is 17.5. The Kier molecular flexibility index (Phi) is 9.86. The maximum atomic E-state index is 15.7. The number of hydrogen-bond acceptors (Lipinski definition) is 8. The topological polar surface area (TPSA) is 181 Å². The van der Waals surface area contributed by atoms with Gasteiger partial charge in [-0.25, -0.2) is 27.0 Å². The van der Waals surface area contributed by atoms with Crippen molar-refractivity contribution in [3.8, 4) is 23.0 Å². The smallest absolute Gasteiger partial charge is 0.356 e. The fourth-order valence-electron chi connectivity index (χ4n) is 7.56. The number of halogens is 5. The number of carbonyl (C=O) groups is 2. The van der Waals surface area contributed by atoms with Crippen molar-refractivity contribution in [2.24, 2.45) is 13.0 Å². The van der Waals surface area contributed by atoms with E-state index in [4.69, 9.17) is 16.6 Å². The first-order chi connectivity index (χ1) is 26.6. The molecule has 1 fully saturated rings. The molecule has 0 spiro atoms. The summed E-state index contributed by atoms with van der Waals surface area (Å²) in [7, 11) is -2.28. The molecule has 3 aromatic heterocycles. The number of aromatic nitrogens is 5. The van der Waals surface area contributed by atoms with Gasteiger partial charge in [-0.1, -0.05) is 23.6 Å².